The minimum absolute atomic E-state index is 0.0226. The van der Waals surface area contributed by atoms with Gasteiger partial charge in [0.1, 0.15) is 0 Å². The normalized spacial score (nSPS) is 14.6. The molecule has 0 aromatic heterocycles. The van der Waals surface area contributed by atoms with Crippen molar-refractivity contribution in [2.24, 2.45) is 5.92 Å². The van der Waals surface area contributed by atoms with Gasteiger partial charge in [-0.2, -0.15) is 8.42 Å². The molecule has 0 bridgehead atoms. The van der Waals surface area contributed by atoms with Crippen LogP contribution in [0.1, 0.15) is 43.9 Å². The molecule has 0 amide bonds. The molecule has 0 unspecified atom stereocenters. The van der Waals surface area contributed by atoms with Crippen LogP contribution in [0.3, 0.4) is 0 Å². The highest BCUT2D eigenvalue weighted by molar-refractivity contribution is 7.89. The Kier molecular flexibility index (Phi) is 8.22. The SMILES string of the molecule is CC/C(=C\[C@@H](NS(=O)(=O)c1c(C)cc(C)cc1C)C(C)C)COS(C)(=O)=O. The molecule has 154 valence electrons. The highest BCUT2D eigenvalue weighted by Gasteiger charge is 2.25. The van der Waals surface area contributed by atoms with E-state index in [2.05, 4.69) is 4.72 Å². The van der Waals surface area contributed by atoms with Gasteiger partial charge in [-0.25, -0.2) is 13.1 Å². The summed E-state index contributed by atoms with van der Waals surface area (Å²) in [5, 5.41) is 0. The van der Waals surface area contributed by atoms with Gasteiger partial charge < -0.3 is 0 Å². The number of hydrogen-bond donors (Lipinski definition) is 1. The molecule has 0 aliphatic heterocycles. The van der Waals surface area contributed by atoms with Gasteiger partial charge in [-0.3, -0.25) is 4.18 Å². The van der Waals surface area contributed by atoms with Crippen molar-refractivity contribution in [1.82, 2.24) is 4.72 Å². The van der Waals surface area contributed by atoms with E-state index < -0.39 is 26.2 Å². The van der Waals surface area contributed by atoms with E-state index in [1.807, 2.05) is 39.8 Å². The predicted molar refractivity (Wildman–Crippen MR) is 109 cm³/mol. The van der Waals surface area contributed by atoms with Crippen molar-refractivity contribution >= 4 is 20.1 Å². The maximum Gasteiger partial charge on any atom is 0.264 e. The second-order valence-corrected chi connectivity index (χ2v) is 10.6. The molecule has 0 aliphatic rings. The van der Waals surface area contributed by atoms with E-state index in [4.69, 9.17) is 4.18 Å². The van der Waals surface area contributed by atoms with Crippen LogP contribution in [-0.4, -0.2) is 35.7 Å². The average molecular weight is 418 g/mol. The van der Waals surface area contributed by atoms with Crippen LogP contribution in [-0.2, 0) is 24.3 Å². The van der Waals surface area contributed by atoms with Crippen molar-refractivity contribution in [2.75, 3.05) is 12.9 Å². The molecule has 1 rings (SSSR count). The smallest absolute Gasteiger partial charge is 0.264 e. The van der Waals surface area contributed by atoms with Crippen LogP contribution in [0.4, 0.5) is 0 Å². The van der Waals surface area contributed by atoms with Gasteiger partial charge in [0.2, 0.25) is 10.0 Å². The molecule has 0 saturated heterocycles. The molecule has 0 aliphatic carbocycles. The van der Waals surface area contributed by atoms with Gasteiger partial charge in [-0.05, 0) is 49.8 Å². The lowest BCUT2D eigenvalue weighted by atomic mass is 10.0. The second kappa shape index (κ2) is 9.32. The Bertz CT molecular complexity index is 877. The molecule has 1 atom stereocenters. The summed E-state index contributed by atoms with van der Waals surface area (Å²) in [6.45, 7) is 11.1. The summed E-state index contributed by atoms with van der Waals surface area (Å²) in [7, 11) is -7.29. The zero-order valence-electron chi connectivity index (χ0n) is 17.2. The first-order chi connectivity index (χ1) is 12.3. The lowest BCUT2D eigenvalue weighted by molar-refractivity contribution is 0.347. The number of benzene rings is 1. The minimum atomic E-state index is -3.73. The van der Waals surface area contributed by atoms with Crippen LogP contribution >= 0.6 is 0 Å². The highest BCUT2D eigenvalue weighted by Crippen LogP contribution is 2.23. The van der Waals surface area contributed by atoms with Crippen molar-refractivity contribution in [3.05, 3.63) is 40.5 Å². The zero-order chi connectivity index (χ0) is 21.0. The Morgan fingerprint density at radius 1 is 1.11 bits per heavy atom. The zero-order valence-corrected chi connectivity index (χ0v) is 18.8. The van der Waals surface area contributed by atoms with E-state index >= 15 is 0 Å². The van der Waals surface area contributed by atoms with Gasteiger partial charge in [0, 0.05) is 6.04 Å². The van der Waals surface area contributed by atoms with Crippen LogP contribution in [0, 0.1) is 26.7 Å². The molecule has 1 aromatic rings. The molecule has 27 heavy (non-hydrogen) atoms. The Morgan fingerprint density at radius 3 is 2.04 bits per heavy atom. The summed E-state index contributed by atoms with van der Waals surface area (Å²) in [6.07, 6.45) is 3.31. The molecule has 0 heterocycles. The fraction of sp³-hybridized carbons (Fsp3) is 0.579. The Labute approximate surface area is 164 Å². The van der Waals surface area contributed by atoms with E-state index in [-0.39, 0.29) is 17.4 Å². The third kappa shape index (κ3) is 7.37. The molecular weight excluding hydrogens is 386 g/mol. The maximum absolute atomic E-state index is 13.0. The first kappa shape index (κ1) is 23.8. The van der Waals surface area contributed by atoms with Crippen LogP contribution in [0.15, 0.2) is 28.7 Å². The fourth-order valence-electron chi connectivity index (χ4n) is 2.90. The molecule has 1 N–H and O–H groups in total. The number of rotatable bonds is 9. The number of sulfonamides is 1. The van der Waals surface area contributed by atoms with Gasteiger partial charge in [0.15, 0.2) is 0 Å². The van der Waals surface area contributed by atoms with E-state index in [1.54, 1.807) is 19.9 Å². The van der Waals surface area contributed by atoms with Crippen molar-refractivity contribution in [1.29, 1.82) is 0 Å². The standard InChI is InChI=1S/C19H31NO5S2/c1-8-17(12-25-26(7,21)22)11-18(13(2)3)20-27(23,24)19-15(5)9-14(4)10-16(19)6/h9-11,13,18,20H,8,12H2,1-7H3/b17-11+/t18-/m1/s1. The molecule has 1 aromatic carbocycles. The molecular formula is C19H31NO5S2. The van der Waals surface area contributed by atoms with Crippen LogP contribution < -0.4 is 4.72 Å². The molecule has 0 spiro atoms. The molecule has 6 nitrogen and oxygen atoms in total. The van der Waals surface area contributed by atoms with E-state index in [0.29, 0.717) is 17.5 Å². The summed E-state index contributed by atoms with van der Waals surface area (Å²) < 4.78 is 56.1. The van der Waals surface area contributed by atoms with Crippen LogP contribution in [0.25, 0.3) is 0 Å². The van der Waals surface area contributed by atoms with Gasteiger partial charge in [-0.15, -0.1) is 0 Å². The monoisotopic (exact) mass is 417 g/mol. The number of aryl methyl sites for hydroxylation is 3. The lowest BCUT2D eigenvalue weighted by Gasteiger charge is -2.22. The van der Waals surface area contributed by atoms with Crippen molar-refractivity contribution in [3.63, 3.8) is 0 Å². The van der Waals surface area contributed by atoms with E-state index in [1.165, 1.54) is 0 Å². The third-order valence-electron chi connectivity index (χ3n) is 4.21. The number of hydrogen-bond acceptors (Lipinski definition) is 5. The maximum atomic E-state index is 13.0. The summed E-state index contributed by atoms with van der Waals surface area (Å²) in [4.78, 5) is 0.289. The molecule has 0 saturated carbocycles. The van der Waals surface area contributed by atoms with Crippen LogP contribution in [0.2, 0.25) is 0 Å². The Hall–Kier alpha value is -1.22. The summed E-state index contributed by atoms with van der Waals surface area (Å²) in [5.41, 5.74) is 3.12. The van der Waals surface area contributed by atoms with Gasteiger partial charge in [0.25, 0.3) is 10.1 Å². The molecule has 0 radical (unpaired) electrons. The average Bonchev–Trinajstić information content (AvgIpc) is 2.47. The second-order valence-electron chi connectivity index (χ2n) is 7.26. The van der Waals surface area contributed by atoms with Gasteiger partial charge in [0.05, 0.1) is 17.8 Å². The predicted octanol–water partition coefficient (Wildman–Crippen LogP) is 3.23. The number of nitrogens with one attached hydrogen (secondary N) is 1. The van der Waals surface area contributed by atoms with Crippen molar-refractivity contribution in [3.8, 4) is 0 Å². The first-order valence-corrected chi connectivity index (χ1v) is 12.2. The first-order valence-electron chi connectivity index (χ1n) is 8.91. The third-order valence-corrected chi connectivity index (χ3v) is 6.52. The highest BCUT2D eigenvalue weighted by atomic mass is 32.2. The largest absolute Gasteiger partial charge is 0.266 e. The Balaban J connectivity index is 3.21. The topological polar surface area (TPSA) is 89.5 Å². The molecule has 8 heteroatoms. The summed E-state index contributed by atoms with van der Waals surface area (Å²) in [5.74, 6) is -0.0226. The van der Waals surface area contributed by atoms with Gasteiger partial charge in [-0.1, -0.05) is 44.5 Å². The minimum Gasteiger partial charge on any atom is -0.266 e. The van der Waals surface area contributed by atoms with E-state index in [9.17, 15) is 16.8 Å². The Morgan fingerprint density at radius 2 is 1.63 bits per heavy atom. The van der Waals surface area contributed by atoms with Crippen LogP contribution in [0.5, 0.6) is 0 Å². The van der Waals surface area contributed by atoms with Crippen molar-refractivity contribution < 1.29 is 21.0 Å². The lowest BCUT2D eigenvalue weighted by Crippen LogP contribution is -2.38. The van der Waals surface area contributed by atoms with E-state index in [0.717, 1.165) is 17.4 Å². The summed E-state index contributed by atoms with van der Waals surface area (Å²) >= 11 is 0. The quantitative estimate of drug-likeness (QED) is 0.492. The fourth-order valence-corrected chi connectivity index (χ4v) is 5.04. The molecule has 0 fully saturated rings. The van der Waals surface area contributed by atoms with Crippen molar-refractivity contribution in [2.45, 2.75) is 58.9 Å². The van der Waals surface area contributed by atoms with Gasteiger partial charge >= 0.3 is 0 Å². The summed E-state index contributed by atoms with van der Waals surface area (Å²) in [6, 6.07) is 3.21.